The Hall–Kier alpha value is -3.69. The molecule has 168 valence electrons. The standard InChI is InChI=1S/C22H25N5O5/c1-13(28)26-11-10-21(2,3)18-22(12-16(26)17(29)32-5,14-8-6-7-9-15(14)23-18)27-20(31)25(4)19(30)24-27/h6-11,16H,12H2,1-5H3,(H,24,30)/b11-10-/t16-,22?/m0/s1. The van der Waals surface area contributed by atoms with E-state index in [0.29, 0.717) is 17.0 Å². The van der Waals surface area contributed by atoms with Crippen LogP contribution in [0.1, 0.15) is 32.8 Å². The van der Waals surface area contributed by atoms with Gasteiger partial charge in [0, 0.05) is 37.6 Å². The van der Waals surface area contributed by atoms with Crippen molar-refractivity contribution in [1.82, 2.24) is 19.2 Å². The van der Waals surface area contributed by atoms with Crippen molar-refractivity contribution in [3.63, 3.8) is 0 Å². The number of H-pyrrole nitrogens is 1. The molecular weight excluding hydrogens is 414 g/mol. The molecule has 10 nitrogen and oxygen atoms in total. The van der Waals surface area contributed by atoms with Crippen molar-refractivity contribution in [3.05, 3.63) is 63.1 Å². The molecule has 2 aliphatic heterocycles. The predicted octanol–water partition coefficient (Wildman–Crippen LogP) is 1.04. The van der Waals surface area contributed by atoms with Gasteiger partial charge in [0.25, 0.3) is 0 Å². The van der Waals surface area contributed by atoms with Gasteiger partial charge in [-0.1, -0.05) is 38.1 Å². The van der Waals surface area contributed by atoms with E-state index in [1.54, 1.807) is 12.3 Å². The number of nitrogens with zero attached hydrogens (tertiary/aromatic N) is 4. The van der Waals surface area contributed by atoms with Crippen LogP contribution in [0.4, 0.5) is 5.69 Å². The summed E-state index contributed by atoms with van der Waals surface area (Å²) in [7, 11) is 2.62. The van der Waals surface area contributed by atoms with Crippen LogP contribution in [0, 0.1) is 5.41 Å². The lowest BCUT2D eigenvalue weighted by atomic mass is 9.70. The number of hydrogen-bond donors (Lipinski definition) is 1. The fraction of sp³-hybridized carbons (Fsp3) is 0.409. The highest BCUT2D eigenvalue weighted by atomic mass is 16.5. The maximum atomic E-state index is 13.2. The van der Waals surface area contributed by atoms with Gasteiger partial charge in [-0.3, -0.25) is 9.79 Å². The van der Waals surface area contributed by atoms with E-state index in [0.717, 1.165) is 4.57 Å². The summed E-state index contributed by atoms with van der Waals surface area (Å²) in [6, 6.07) is 6.21. The highest BCUT2D eigenvalue weighted by Gasteiger charge is 2.55. The normalized spacial score (nSPS) is 24.6. The number of esters is 1. The Labute approximate surface area is 183 Å². The summed E-state index contributed by atoms with van der Waals surface area (Å²) < 4.78 is 7.22. The molecule has 1 amide bonds. The van der Waals surface area contributed by atoms with Gasteiger partial charge < -0.3 is 9.64 Å². The molecule has 1 N–H and O–H groups in total. The van der Waals surface area contributed by atoms with Crippen LogP contribution in [0.25, 0.3) is 0 Å². The van der Waals surface area contributed by atoms with Crippen LogP contribution >= 0.6 is 0 Å². The number of amides is 1. The van der Waals surface area contributed by atoms with Crippen molar-refractivity contribution in [2.24, 2.45) is 17.5 Å². The van der Waals surface area contributed by atoms with E-state index in [9.17, 15) is 19.2 Å². The number of fused-ring (bicyclic) bond motifs is 3. The fourth-order valence-electron chi connectivity index (χ4n) is 4.66. The average molecular weight is 439 g/mol. The summed E-state index contributed by atoms with van der Waals surface area (Å²) in [5.41, 5.74) is -1.39. The van der Waals surface area contributed by atoms with E-state index < -0.39 is 34.3 Å². The number of ether oxygens (including phenoxy) is 1. The number of rotatable bonds is 2. The van der Waals surface area contributed by atoms with Gasteiger partial charge in [-0.2, -0.15) is 0 Å². The Kier molecular flexibility index (Phi) is 4.83. The first-order valence-electron chi connectivity index (χ1n) is 10.2. The summed E-state index contributed by atoms with van der Waals surface area (Å²) in [6.45, 7) is 5.17. The first kappa shape index (κ1) is 21.5. The third-order valence-electron chi connectivity index (χ3n) is 6.27. The molecule has 2 aromatic rings. The molecule has 1 unspecified atom stereocenters. The average Bonchev–Trinajstić information content (AvgIpc) is 3.22. The van der Waals surface area contributed by atoms with Crippen molar-refractivity contribution in [3.8, 4) is 0 Å². The van der Waals surface area contributed by atoms with Crippen molar-refractivity contribution in [2.45, 2.75) is 38.8 Å². The van der Waals surface area contributed by atoms with E-state index in [1.807, 2.05) is 38.1 Å². The summed E-state index contributed by atoms with van der Waals surface area (Å²) in [5, 5.41) is 2.64. The summed E-state index contributed by atoms with van der Waals surface area (Å²) in [5.74, 6) is -0.998. The van der Waals surface area contributed by atoms with Crippen LogP contribution in [0.2, 0.25) is 0 Å². The lowest BCUT2D eigenvalue weighted by molar-refractivity contribution is -0.151. The Balaban J connectivity index is 2.14. The number of nitrogens with one attached hydrogen (secondary N) is 1. The van der Waals surface area contributed by atoms with Gasteiger partial charge in [-0.25, -0.2) is 28.7 Å². The van der Waals surface area contributed by atoms with Crippen LogP contribution < -0.4 is 11.4 Å². The van der Waals surface area contributed by atoms with E-state index >= 15 is 0 Å². The molecule has 2 aliphatic rings. The van der Waals surface area contributed by atoms with Crippen LogP contribution in [-0.2, 0) is 26.9 Å². The summed E-state index contributed by atoms with van der Waals surface area (Å²) in [4.78, 5) is 57.2. The second-order valence-electron chi connectivity index (χ2n) is 8.64. The second-order valence-corrected chi connectivity index (χ2v) is 8.64. The van der Waals surface area contributed by atoms with E-state index in [1.165, 1.54) is 30.7 Å². The minimum absolute atomic E-state index is 0.0528. The van der Waals surface area contributed by atoms with Crippen molar-refractivity contribution >= 4 is 23.3 Å². The molecule has 0 bridgehead atoms. The van der Waals surface area contributed by atoms with Gasteiger partial charge >= 0.3 is 17.3 Å². The highest BCUT2D eigenvalue weighted by molar-refractivity contribution is 6.06. The van der Waals surface area contributed by atoms with E-state index in [-0.39, 0.29) is 12.3 Å². The molecule has 2 atom stereocenters. The first-order valence-corrected chi connectivity index (χ1v) is 10.2. The van der Waals surface area contributed by atoms with E-state index in [2.05, 4.69) is 5.10 Å². The summed E-state index contributed by atoms with van der Waals surface area (Å²) >= 11 is 0. The number of hydrogen-bond acceptors (Lipinski definition) is 6. The Morgan fingerprint density at radius 2 is 1.91 bits per heavy atom. The SMILES string of the molecule is COC(=O)[C@@H]1CC2(n3[nH]c(=O)n(C)c3=O)C(=Nc3ccccc32)C(C)(C)/C=C\N1C(C)=O. The number of carbonyl (C=O) groups is 2. The zero-order valence-corrected chi connectivity index (χ0v) is 18.6. The van der Waals surface area contributed by atoms with Crippen LogP contribution in [-0.4, -0.2) is 50.0 Å². The minimum Gasteiger partial charge on any atom is -0.467 e. The molecule has 32 heavy (non-hydrogen) atoms. The number of methoxy groups -OCH3 is 1. The Morgan fingerprint density at radius 1 is 1.22 bits per heavy atom. The van der Waals surface area contributed by atoms with E-state index in [4.69, 9.17) is 9.73 Å². The van der Waals surface area contributed by atoms with Crippen LogP contribution in [0.3, 0.4) is 0 Å². The molecule has 0 saturated heterocycles. The number of carbonyl (C=O) groups excluding carboxylic acids is 2. The highest BCUT2D eigenvalue weighted by Crippen LogP contribution is 2.49. The van der Waals surface area contributed by atoms with Gasteiger partial charge in [0.15, 0.2) is 0 Å². The quantitative estimate of drug-likeness (QED) is 0.702. The van der Waals surface area contributed by atoms with Gasteiger partial charge in [-0.05, 0) is 6.07 Å². The maximum Gasteiger partial charge on any atom is 0.347 e. The topological polar surface area (TPSA) is 119 Å². The largest absolute Gasteiger partial charge is 0.467 e. The van der Waals surface area contributed by atoms with Crippen molar-refractivity contribution in [2.75, 3.05) is 7.11 Å². The molecular formula is C22H25N5O5. The lowest BCUT2D eigenvalue weighted by Crippen LogP contribution is -2.57. The predicted molar refractivity (Wildman–Crippen MR) is 117 cm³/mol. The third kappa shape index (κ3) is 2.89. The monoisotopic (exact) mass is 439 g/mol. The molecule has 10 heteroatoms. The lowest BCUT2D eigenvalue weighted by Gasteiger charge is -2.43. The third-order valence-corrected chi connectivity index (χ3v) is 6.27. The minimum atomic E-state index is -1.32. The molecule has 0 fully saturated rings. The molecule has 1 aromatic carbocycles. The molecule has 1 aromatic heterocycles. The molecule has 4 rings (SSSR count). The van der Waals surface area contributed by atoms with Crippen LogP contribution in [0.5, 0.6) is 0 Å². The Morgan fingerprint density at radius 3 is 2.50 bits per heavy atom. The number of aromatic nitrogens is 3. The van der Waals surface area contributed by atoms with Crippen molar-refractivity contribution in [1.29, 1.82) is 0 Å². The number of aliphatic imine (C=N–C) groups is 1. The second kappa shape index (κ2) is 7.18. The summed E-state index contributed by atoms with van der Waals surface area (Å²) in [6.07, 6.45) is 3.29. The Bertz CT molecular complexity index is 1290. The zero-order chi connectivity index (χ0) is 23.4. The van der Waals surface area contributed by atoms with Crippen LogP contribution in [0.15, 0.2) is 51.1 Å². The maximum absolute atomic E-state index is 13.2. The number of para-hydroxylation sites is 1. The smallest absolute Gasteiger partial charge is 0.347 e. The van der Waals surface area contributed by atoms with Crippen molar-refractivity contribution < 1.29 is 14.3 Å². The first-order chi connectivity index (χ1) is 15.0. The zero-order valence-electron chi connectivity index (χ0n) is 18.6. The molecule has 0 radical (unpaired) electrons. The fourth-order valence-corrected chi connectivity index (χ4v) is 4.66. The van der Waals surface area contributed by atoms with Gasteiger partial charge in [0.05, 0.1) is 18.5 Å². The van der Waals surface area contributed by atoms with Gasteiger partial charge in [-0.15, -0.1) is 0 Å². The molecule has 3 heterocycles. The molecule has 0 spiro atoms. The molecule has 0 saturated carbocycles. The number of allylic oxidation sites excluding steroid dienone is 1. The number of aromatic amines is 1. The molecule has 0 aliphatic carbocycles. The van der Waals surface area contributed by atoms with Gasteiger partial charge in [0.2, 0.25) is 5.91 Å². The van der Waals surface area contributed by atoms with Gasteiger partial charge in [0.1, 0.15) is 11.6 Å². The number of benzene rings is 1.